The van der Waals surface area contributed by atoms with Crippen LogP contribution in [0.2, 0.25) is 0 Å². The molecule has 0 amide bonds. The quantitative estimate of drug-likeness (QED) is 0.572. The van der Waals surface area contributed by atoms with Crippen LogP contribution in [-0.2, 0) is 0 Å². The molecule has 1 aromatic carbocycles. The normalized spacial score (nSPS) is 11.1. The largest absolute Gasteiger partial charge is 0.493 e. The third-order valence-electron chi connectivity index (χ3n) is 4.26. The summed E-state index contributed by atoms with van der Waals surface area (Å²) in [6.07, 6.45) is 0. The molecule has 0 aliphatic rings. The van der Waals surface area contributed by atoms with Crippen molar-refractivity contribution < 1.29 is 9.47 Å². The molecule has 0 atom stereocenters. The highest BCUT2D eigenvalue weighted by Crippen LogP contribution is 2.35. The molecule has 1 heterocycles. The van der Waals surface area contributed by atoms with Crippen molar-refractivity contribution in [2.75, 3.05) is 33.4 Å². The SMILES string of the molecule is CCN(CC)CCOc1ccc(-c2ccc(C(=S)NC(C)C)s2)cc1OC. The van der Waals surface area contributed by atoms with Gasteiger partial charge >= 0.3 is 0 Å². The molecular weight excluding hydrogens is 376 g/mol. The Bertz CT molecular complexity index is 740. The number of benzene rings is 1. The molecule has 0 fully saturated rings. The summed E-state index contributed by atoms with van der Waals surface area (Å²) in [5.41, 5.74) is 1.10. The molecule has 0 spiro atoms. The topological polar surface area (TPSA) is 33.7 Å². The minimum atomic E-state index is 0.330. The maximum Gasteiger partial charge on any atom is 0.161 e. The molecule has 1 N–H and O–H groups in total. The molecule has 4 nitrogen and oxygen atoms in total. The number of nitrogens with zero attached hydrogens (tertiary/aromatic N) is 1. The Morgan fingerprint density at radius 2 is 1.89 bits per heavy atom. The van der Waals surface area contributed by atoms with Crippen LogP contribution in [0, 0.1) is 0 Å². The Labute approximate surface area is 172 Å². The van der Waals surface area contributed by atoms with Crippen molar-refractivity contribution in [3.8, 4) is 21.9 Å². The van der Waals surface area contributed by atoms with Crippen molar-refractivity contribution in [3.63, 3.8) is 0 Å². The molecule has 0 bridgehead atoms. The summed E-state index contributed by atoms with van der Waals surface area (Å²) in [6.45, 7) is 12.1. The molecule has 0 saturated carbocycles. The summed E-state index contributed by atoms with van der Waals surface area (Å²) in [5, 5.41) is 3.29. The molecule has 0 radical (unpaired) electrons. The van der Waals surface area contributed by atoms with Gasteiger partial charge in [0.15, 0.2) is 11.5 Å². The van der Waals surface area contributed by atoms with Crippen LogP contribution in [0.5, 0.6) is 11.5 Å². The Kier molecular flexibility index (Phi) is 8.54. The molecule has 0 aliphatic heterocycles. The van der Waals surface area contributed by atoms with Crippen LogP contribution < -0.4 is 14.8 Å². The van der Waals surface area contributed by atoms with E-state index in [9.17, 15) is 0 Å². The molecule has 0 saturated heterocycles. The Morgan fingerprint density at radius 3 is 2.52 bits per heavy atom. The van der Waals surface area contributed by atoms with Crippen LogP contribution in [0.4, 0.5) is 0 Å². The van der Waals surface area contributed by atoms with E-state index in [2.05, 4.69) is 56.1 Å². The zero-order chi connectivity index (χ0) is 19.8. The van der Waals surface area contributed by atoms with Crippen LogP contribution in [0.25, 0.3) is 10.4 Å². The van der Waals surface area contributed by atoms with Crippen LogP contribution in [-0.4, -0.2) is 49.3 Å². The summed E-state index contributed by atoms with van der Waals surface area (Å²) in [5.74, 6) is 1.53. The summed E-state index contributed by atoms with van der Waals surface area (Å²) < 4.78 is 11.5. The average molecular weight is 407 g/mol. The zero-order valence-electron chi connectivity index (χ0n) is 16.9. The van der Waals surface area contributed by atoms with Gasteiger partial charge in [-0.3, -0.25) is 0 Å². The van der Waals surface area contributed by atoms with Gasteiger partial charge in [0.1, 0.15) is 11.6 Å². The number of thiocarbonyl (C=S) groups is 1. The van der Waals surface area contributed by atoms with Crippen LogP contribution >= 0.6 is 23.6 Å². The summed E-state index contributed by atoms with van der Waals surface area (Å²) in [6, 6.07) is 10.6. The first-order valence-corrected chi connectivity index (χ1v) is 10.6. The Morgan fingerprint density at radius 1 is 1.15 bits per heavy atom. The molecular formula is C21H30N2O2S2. The minimum absolute atomic E-state index is 0.330. The summed E-state index contributed by atoms with van der Waals surface area (Å²) in [7, 11) is 1.68. The lowest BCUT2D eigenvalue weighted by atomic mass is 10.1. The first kappa shape index (κ1) is 21.7. The zero-order valence-corrected chi connectivity index (χ0v) is 18.5. The lowest BCUT2D eigenvalue weighted by Gasteiger charge is -2.19. The predicted octanol–water partition coefficient (Wildman–Crippen LogP) is 4.82. The minimum Gasteiger partial charge on any atom is -0.493 e. The molecule has 0 unspecified atom stereocenters. The van der Waals surface area contributed by atoms with E-state index >= 15 is 0 Å². The number of methoxy groups -OCH3 is 1. The van der Waals surface area contributed by atoms with Gasteiger partial charge in [-0.1, -0.05) is 26.1 Å². The van der Waals surface area contributed by atoms with Crippen LogP contribution in [0.3, 0.4) is 0 Å². The first-order valence-electron chi connectivity index (χ1n) is 9.42. The maximum absolute atomic E-state index is 5.95. The number of nitrogens with one attached hydrogen (secondary N) is 1. The van der Waals surface area contributed by atoms with Crippen molar-refractivity contribution in [1.82, 2.24) is 10.2 Å². The van der Waals surface area contributed by atoms with E-state index in [-0.39, 0.29) is 0 Å². The van der Waals surface area contributed by atoms with Crippen molar-refractivity contribution in [2.45, 2.75) is 33.7 Å². The van der Waals surface area contributed by atoms with Gasteiger partial charge in [0.2, 0.25) is 0 Å². The summed E-state index contributed by atoms with van der Waals surface area (Å²) >= 11 is 7.15. The van der Waals surface area contributed by atoms with E-state index in [1.165, 1.54) is 0 Å². The van der Waals surface area contributed by atoms with Gasteiger partial charge in [0.05, 0.1) is 12.0 Å². The molecule has 2 rings (SSSR count). The average Bonchev–Trinajstić information content (AvgIpc) is 3.15. The molecule has 1 aromatic heterocycles. The van der Waals surface area contributed by atoms with Crippen LogP contribution in [0.15, 0.2) is 30.3 Å². The highest BCUT2D eigenvalue weighted by Gasteiger charge is 2.12. The third-order valence-corrected chi connectivity index (χ3v) is 5.88. The first-order chi connectivity index (χ1) is 13.0. The monoisotopic (exact) mass is 406 g/mol. The predicted molar refractivity (Wildman–Crippen MR) is 120 cm³/mol. The Hall–Kier alpha value is -1.63. The fraction of sp³-hybridized carbons (Fsp3) is 0.476. The third kappa shape index (κ3) is 6.19. The van der Waals surface area contributed by atoms with Crippen molar-refractivity contribution in [3.05, 3.63) is 35.2 Å². The van der Waals surface area contributed by atoms with Gasteiger partial charge in [0.25, 0.3) is 0 Å². The van der Waals surface area contributed by atoms with Crippen molar-refractivity contribution in [1.29, 1.82) is 0 Å². The Balaban J connectivity index is 2.09. The lowest BCUT2D eigenvalue weighted by Crippen LogP contribution is -2.28. The maximum atomic E-state index is 5.95. The number of thiophene rings is 1. The fourth-order valence-electron chi connectivity index (χ4n) is 2.71. The molecule has 6 heteroatoms. The van der Waals surface area contributed by atoms with Gasteiger partial charge in [-0.05, 0) is 62.8 Å². The van der Waals surface area contributed by atoms with E-state index < -0.39 is 0 Å². The smallest absolute Gasteiger partial charge is 0.161 e. The number of ether oxygens (including phenoxy) is 2. The summed E-state index contributed by atoms with van der Waals surface area (Å²) in [4.78, 5) is 5.37. The molecule has 148 valence electrons. The second-order valence-corrected chi connectivity index (χ2v) is 8.03. The molecule has 0 aliphatic carbocycles. The van der Waals surface area contributed by atoms with Gasteiger partial charge < -0.3 is 19.7 Å². The second kappa shape index (κ2) is 10.6. The van der Waals surface area contributed by atoms with Crippen molar-refractivity contribution >= 4 is 28.5 Å². The van der Waals surface area contributed by atoms with E-state index in [1.807, 2.05) is 12.1 Å². The highest BCUT2D eigenvalue weighted by molar-refractivity contribution is 7.81. The van der Waals surface area contributed by atoms with Crippen molar-refractivity contribution in [2.24, 2.45) is 0 Å². The number of rotatable bonds is 10. The standard InChI is InChI=1S/C21H30N2O2S2/c1-6-23(7-2)12-13-25-17-9-8-16(14-18(17)24-5)19-10-11-20(27-19)21(26)22-15(3)4/h8-11,14-15H,6-7,12-13H2,1-5H3,(H,22,26). The van der Waals surface area contributed by atoms with Gasteiger partial charge in [0, 0.05) is 17.5 Å². The van der Waals surface area contributed by atoms with E-state index in [1.54, 1.807) is 18.4 Å². The van der Waals surface area contributed by atoms with E-state index in [4.69, 9.17) is 21.7 Å². The number of likely N-dealkylation sites (N-methyl/N-ethyl adjacent to an activating group) is 1. The molecule has 2 aromatic rings. The lowest BCUT2D eigenvalue weighted by molar-refractivity contribution is 0.217. The van der Waals surface area contributed by atoms with Gasteiger partial charge in [-0.25, -0.2) is 0 Å². The van der Waals surface area contributed by atoms with Gasteiger partial charge in [-0.15, -0.1) is 11.3 Å². The molecule has 27 heavy (non-hydrogen) atoms. The van der Waals surface area contributed by atoms with Gasteiger partial charge in [-0.2, -0.15) is 0 Å². The van der Waals surface area contributed by atoms with E-state index in [0.29, 0.717) is 12.6 Å². The number of hydrogen-bond donors (Lipinski definition) is 1. The number of hydrogen-bond acceptors (Lipinski definition) is 5. The highest BCUT2D eigenvalue weighted by atomic mass is 32.1. The van der Waals surface area contributed by atoms with E-state index in [0.717, 1.165) is 51.4 Å². The van der Waals surface area contributed by atoms with Crippen LogP contribution in [0.1, 0.15) is 32.6 Å². The fourth-order valence-corrected chi connectivity index (χ4v) is 4.05. The second-order valence-electron chi connectivity index (χ2n) is 6.53.